The molecule has 0 spiro atoms. The number of carbonyl (C=O) groups excluding carboxylic acids is 10. The van der Waals surface area contributed by atoms with Crippen LogP contribution >= 0.6 is 0 Å². The fraction of sp³-hybridized carbons (Fsp3) is 0.400. The molecule has 25 heteroatoms. The molecule has 4 saturated carbocycles. The molecule has 1 N–H and O–H groups in total. The van der Waals surface area contributed by atoms with E-state index in [1.807, 2.05) is 0 Å². The first kappa shape index (κ1) is 94.0. The predicted molar refractivity (Wildman–Crippen MR) is 490 cm³/mol. The highest BCUT2D eigenvalue weighted by molar-refractivity contribution is 5.94. The quantitative estimate of drug-likeness (QED) is 0.0315. The zero-order valence-electron chi connectivity index (χ0n) is 76.4. The molecule has 0 bridgehead atoms. The molecule has 7 fully saturated rings. The molecular formula is C110H112O25. The first-order chi connectivity index (χ1) is 65.0. The van der Waals surface area contributed by atoms with E-state index in [9.17, 15) is 29.1 Å². The summed E-state index contributed by atoms with van der Waals surface area (Å²) < 4.78 is 92.6. The summed E-state index contributed by atoms with van der Waals surface area (Å²) in [6, 6.07) is 72.1. The number of hydrogen-bond acceptors (Lipinski definition) is 25. The van der Waals surface area contributed by atoms with Crippen molar-refractivity contribution in [2.24, 2.45) is 56.2 Å². The highest BCUT2D eigenvalue weighted by Gasteiger charge is 2.71. The van der Waals surface area contributed by atoms with Crippen molar-refractivity contribution >= 4 is 59.7 Å². The van der Waals surface area contributed by atoms with Gasteiger partial charge in [-0.1, -0.05) is 224 Å². The normalized spacial score (nSPS) is 30.8. The summed E-state index contributed by atoms with van der Waals surface area (Å²) in [6.45, 7) is 14.4. The third kappa shape index (κ3) is 19.2. The molecule has 8 aliphatic rings. The molecule has 0 unspecified atom stereocenters. The number of benzene rings is 9. The van der Waals surface area contributed by atoms with Crippen molar-refractivity contribution in [1.82, 2.24) is 0 Å². The molecule has 25 nitrogen and oxygen atoms in total. The number of hydrogen-bond donors (Lipinski definition) is 1. The fourth-order valence-corrected chi connectivity index (χ4v) is 23.1. The Morgan fingerprint density at radius 3 is 1.13 bits per heavy atom. The molecule has 135 heavy (non-hydrogen) atoms. The molecule has 0 radical (unpaired) electrons. The Kier molecular flexibility index (Phi) is 27.6. The van der Waals surface area contributed by atoms with Gasteiger partial charge in [-0.15, -0.1) is 0 Å². The van der Waals surface area contributed by atoms with E-state index < -0.39 is 181 Å². The van der Waals surface area contributed by atoms with Crippen LogP contribution in [0.4, 0.5) is 0 Å². The van der Waals surface area contributed by atoms with Gasteiger partial charge in [0.2, 0.25) is 12.4 Å². The van der Waals surface area contributed by atoms with Gasteiger partial charge >= 0.3 is 59.7 Å². The van der Waals surface area contributed by atoms with Crippen LogP contribution in [0.5, 0.6) is 0 Å². The van der Waals surface area contributed by atoms with Gasteiger partial charge in [0.05, 0.1) is 74.8 Å². The van der Waals surface area contributed by atoms with Crippen molar-refractivity contribution in [2.45, 2.75) is 199 Å². The number of aliphatic hydroxyl groups is 1. The number of aliphatic hydroxyl groups excluding tert-OH is 1. The molecule has 5 aliphatic carbocycles. The van der Waals surface area contributed by atoms with Gasteiger partial charge in [-0.3, -0.25) is 4.79 Å². The van der Waals surface area contributed by atoms with Crippen molar-refractivity contribution in [3.05, 3.63) is 335 Å². The molecule has 3 aliphatic heterocycles. The van der Waals surface area contributed by atoms with Crippen LogP contribution in [-0.2, 0) is 71.1 Å². The molecule has 9 aromatic carbocycles. The molecule has 22 atom stereocenters. The highest BCUT2D eigenvalue weighted by atomic mass is 16.8. The fourth-order valence-electron chi connectivity index (χ4n) is 23.1. The average molecular weight is 1830 g/mol. The van der Waals surface area contributed by atoms with Crippen molar-refractivity contribution in [1.29, 1.82) is 0 Å². The summed E-state index contributed by atoms with van der Waals surface area (Å²) in [5.41, 5.74) is -1.37. The molecular weight excluding hydrogens is 1720 g/mol. The first-order valence-electron chi connectivity index (χ1n) is 46.5. The van der Waals surface area contributed by atoms with E-state index >= 15 is 24.0 Å². The van der Waals surface area contributed by atoms with E-state index in [-0.39, 0.29) is 85.1 Å². The van der Waals surface area contributed by atoms with Crippen molar-refractivity contribution in [2.75, 3.05) is 19.8 Å². The van der Waals surface area contributed by atoms with Gasteiger partial charge in [-0.25, -0.2) is 43.2 Å². The second-order valence-corrected chi connectivity index (χ2v) is 38.9. The monoisotopic (exact) mass is 1830 g/mol. The molecule has 702 valence electrons. The van der Waals surface area contributed by atoms with E-state index in [4.69, 9.17) is 66.3 Å². The minimum Gasteiger partial charge on any atom is -0.459 e. The van der Waals surface area contributed by atoms with E-state index in [1.165, 1.54) is 84.9 Å². The van der Waals surface area contributed by atoms with Crippen LogP contribution in [0, 0.1) is 56.2 Å². The lowest BCUT2D eigenvalue weighted by molar-refractivity contribution is -0.325. The minimum absolute atomic E-state index is 0.00247. The largest absolute Gasteiger partial charge is 0.459 e. The Morgan fingerprint density at radius 2 is 0.711 bits per heavy atom. The van der Waals surface area contributed by atoms with Gasteiger partial charge in [-0.05, 0) is 224 Å². The summed E-state index contributed by atoms with van der Waals surface area (Å²) in [7, 11) is 0. The molecule has 3 saturated heterocycles. The van der Waals surface area contributed by atoms with Gasteiger partial charge in [0.1, 0.15) is 24.9 Å². The van der Waals surface area contributed by atoms with Crippen molar-refractivity contribution < 1.29 is 119 Å². The zero-order valence-corrected chi connectivity index (χ0v) is 76.4. The minimum atomic E-state index is -2.08. The van der Waals surface area contributed by atoms with E-state index in [0.717, 1.165) is 24.8 Å². The van der Waals surface area contributed by atoms with Crippen LogP contribution in [0.2, 0.25) is 0 Å². The Balaban J connectivity index is 0.728. The second-order valence-electron chi connectivity index (χ2n) is 38.9. The second kappa shape index (κ2) is 39.6. The van der Waals surface area contributed by atoms with Gasteiger partial charge in [0.15, 0.2) is 49.0 Å². The van der Waals surface area contributed by atoms with Crippen LogP contribution in [0.25, 0.3) is 0 Å². The zero-order chi connectivity index (χ0) is 94.6. The summed E-state index contributed by atoms with van der Waals surface area (Å²) >= 11 is 0. The Morgan fingerprint density at radius 1 is 0.356 bits per heavy atom. The molecule has 3 heterocycles. The van der Waals surface area contributed by atoms with Crippen LogP contribution in [0.3, 0.4) is 0 Å². The predicted octanol–water partition coefficient (Wildman–Crippen LogP) is 17.8. The van der Waals surface area contributed by atoms with Gasteiger partial charge in [0.25, 0.3) is 0 Å². The van der Waals surface area contributed by atoms with Crippen molar-refractivity contribution in [3.63, 3.8) is 0 Å². The topological polar surface area (TPSA) is 320 Å². The molecule has 17 rings (SSSR count). The molecule has 0 amide bonds. The molecule has 9 aromatic rings. The lowest BCUT2D eigenvalue weighted by Gasteiger charge is -2.71. The first-order valence-corrected chi connectivity index (χ1v) is 46.5. The maximum absolute atomic E-state index is 17.1. The number of esters is 10. The summed E-state index contributed by atoms with van der Waals surface area (Å²) in [5.74, 6) is -9.34. The Hall–Kier alpha value is -12.8. The Labute approximate surface area is 784 Å². The third-order valence-electron chi connectivity index (χ3n) is 30.3. The highest BCUT2D eigenvalue weighted by Crippen LogP contribution is 2.77. The lowest BCUT2D eigenvalue weighted by Crippen LogP contribution is -2.67. The maximum atomic E-state index is 17.1. The SMILES string of the molecule is CC1(C)CC[C@]2(C(=O)O[C@@H]3O[C@H](CO[C@@H]4O[C@H](COC(=O)c5ccccc5)[C@@H](OC(=O)c5ccccc5)[C@H](OC(=O)c5ccccc5)[C@H]4OC(=O)c4ccccc4)[C@@H](OC(=O)c4ccccc4)[C@H](OC(=O)c4ccccc4)[C@H]3OC(=O)c3ccccc3)CC[C@]3(C)C(=CC[C@@H]4[C@@]5(C)CC[C@H]([C@@H]6OC[C@@H](OC(=O)c7ccccc7)[C@H](OC(=O)c7ccccc7)[C@H]6O)C(C)(C)[C@@H]5CC[C@]43C)[C@@H]2C1. The molecule has 0 aromatic heterocycles. The van der Waals surface area contributed by atoms with Crippen LogP contribution in [0.15, 0.2) is 285 Å². The summed E-state index contributed by atoms with van der Waals surface area (Å²) in [5, 5.41) is 12.8. The van der Waals surface area contributed by atoms with E-state index in [0.29, 0.717) is 50.5 Å². The average Bonchev–Trinajstić information content (AvgIpc) is 0.671. The summed E-state index contributed by atoms with van der Waals surface area (Å²) in [6.07, 6.45) is -15.4. The van der Waals surface area contributed by atoms with E-state index in [1.54, 1.807) is 188 Å². The van der Waals surface area contributed by atoms with Crippen molar-refractivity contribution in [3.8, 4) is 0 Å². The van der Waals surface area contributed by atoms with Gasteiger partial charge < -0.3 is 71.4 Å². The van der Waals surface area contributed by atoms with Crippen LogP contribution in [0.1, 0.15) is 206 Å². The van der Waals surface area contributed by atoms with Crippen LogP contribution < -0.4 is 0 Å². The van der Waals surface area contributed by atoms with E-state index in [2.05, 4.69) is 54.5 Å². The lowest BCUT2D eigenvalue weighted by atomic mass is 9.33. The Bertz CT molecular complexity index is 5770. The number of fused-ring (bicyclic) bond motifs is 7. The standard InChI is InChI=1S/C110H112O25/c1-105(2)59-61-110(62-60-108(6)76(78(110)63-105)53-54-83-107(5)57-55-77(106(3,4)82(107)56-58-109(83,108)7)85-84(111)86(128-95(114)69-39-21-10-22-40-69)79(64-122-85)125-94(113)68-37-19-9-20-38-68)104(121)135-103-92(134-101(120)75-51-33-16-34-52-75)90(132-99(118)73-47-29-14-30-48-73)88(130-97(116)71-43-25-12-26-44-71)81(127-103)66-124-102-91(133-100(119)74-49-31-15-32-50-74)89(131-98(117)72-45-27-13-28-46-72)87(129-96(115)70-41-23-11-24-42-70)80(126-102)65-123-93(112)67-35-17-8-18-36-67/h8-53,77-92,102-103,111H,54-66H2,1-7H3/t77-,78+,79-,80-,81-,82+,83-,84+,85+,86+,87-,88-,89+,90+,91-,92-,102-,103+,107+,108-,109-,110+/m1/s1. The summed E-state index contributed by atoms with van der Waals surface area (Å²) in [4.78, 5) is 150. The van der Waals surface area contributed by atoms with Gasteiger partial charge in [-0.2, -0.15) is 0 Å². The number of allylic oxidation sites excluding steroid dienone is 2. The number of ether oxygens (including phenoxy) is 14. The maximum Gasteiger partial charge on any atom is 0.338 e. The number of rotatable bonds is 25. The smallest absolute Gasteiger partial charge is 0.338 e. The number of carbonyl (C=O) groups is 10. The van der Waals surface area contributed by atoms with Gasteiger partial charge in [0, 0.05) is 0 Å². The van der Waals surface area contributed by atoms with Crippen LogP contribution in [-0.4, -0.2) is 170 Å². The third-order valence-corrected chi connectivity index (χ3v) is 30.3.